The largest absolute Gasteiger partial charge is 0.495 e. The number of carbonyl (C=O) groups excluding carboxylic acids is 1. The number of likely N-dealkylation sites (N-methyl/N-ethyl adjacent to an activating group) is 1. The number of carbonyl (C=O) groups is 1. The van der Waals surface area contributed by atoms with Gasteiger partial charge >= 0.3 is 0 Å². The van der Waals surface area contributed by atoms with E-state index in [9.17, 15) is 4.79 Å². The summed E-state index contributed by atoms with van der Waals surface area (Å²) in [6.45, 7) is 4.88. The van der Waals surface area contributed by atoms with E-state index in [2.05, 4.69) is 39.1 Å². The summed E-state index contributed by atoms with van der Waals surface area (Å²) in [5.41, 5.74) is 2.20. The first kappa shape index (κ1) is 20.4. The number of para-hydroxylation sites is 2. The van der Waals surface area contributed by atoms with Crippen molar-refractivity contribution in [3.8, 4) is 5.75 Å². The fourth-order valence-corrected chi connectivity index (χ4v) is 3.92. The first-order chi connectivity index (χ1) is 14.6. The van der Waals surface area contributed by atoms with Crippen molar-refractivity contribution in [2.75, 3.05) is 58.3 Å². The topological polar surface area (TPSA) is 74.9 Å². The van der Waals surface area contributed by atoms with E-state index in [0.29, 0.717) is 37.6 Å². The minimum atomic E-state index is 0.132. The molecule has 4 rings (SSSR count). The van der Waals surface area contributed by atoms with Crippen LogP contribution in [0.3, 0.4) is 0 Å². The number of anilines is 1. The molecule has 0 aliphatic carbocycles. The first-order valence-corrected chi connectivity index (χ1v) is 10.5. The lowest BCUT2D eigenvalue weighted by atomic mass is 10.1. The van der Waals surface area contributed by atoms with Crippen molar-refractivity contribution in [2.45, 2.75) is 19.3 Å². The molecule has 2 aliphatic heterocycles. The fourth-order valence-electron chi connectivity index (χ4n) is 3.92. The van der Waals surface area contributed by atoms with E-state index in [4.69, 9.17) is 9.26 Å². The zero-order valence-electron chi connectivity index (χ0n) is 17.7. The standard InChI is InChI=1S/C22H29N5O3/c1-25-11-9-17(10-12-25)22-23-20(30-24-22)7-8-21(28)27-15-13-26(14-16-27)18-5-3-4-6-19(18)29-2/h3-6,9H,7-8,10-16H2,1-2H3. The van der Waals surface area contributed by atoms with Gasteiger partial charge in [-0.1, -0.05) is 23.4 Å². The minimum absolute atomic E-state index is 0.132. The van der Waals surface area contributed by atoms with Gasteiger partial charge in [0, 0.05) is 52.1 Å². The highest BCUT2D eigenvalue weighted by Gasteiger charge is 2.23. The minimum Gasteiger partial charge on any atom is -0.495 e. The lowest BCUT2D eigenvalue weighted by Crippen LogP contribution is -2.48. The van der Waals surface area contributed by atoms with Gasteiger partial charge in [0.2, 0.25) is 11.8 Å². The Morgan fingerprint density at radius 2 is 1.97 bits per heavy atom. The van der Waals surface area contributed by atoms with Crippen LogP contribution in [0.2, 0.25) is 0 Å². The third-order valence-corrected chi connectivity index (χ3v) is 5.78. The highest BCUT2D eigenvalue weighted by molar-refractivity contribution is 5.76. The molecule has 8 heteroatoms. The second kappa shape index (κ2) is 9.30. The average molecular weight is 412 g/mol. The Balaban J connectivity index is 1.27. The molecule has 0 atom stereocenters. The molecule has 0 spiro atoms. The van der Waals surface area contributed by atoms with Gasteiger partial charge in [0.1, 0.15) is 5.75 Å². The van der Waals surface area contributed by atoms with E-state index in [1.54, 1.807) is 7.11 Å². The van der Waals surface area contributed by atoms with E-state index in [1.807, 2.05) is 23.1 Å². The van der Waals surface area contributed by atoms with E-state index in [0.717, 1.165) is 49.6 Å². The average Bonchev–Trinajstić information content (AvgIpc) is 3.27. The molecule has 8 nitrogen and oxygen atoms in total. The van der Waals surface area contributed by atoms with Crippen molar-refractivity contribution < 1.29 is 14.1 Å². The van der Waals surface area contributed by atoms with Crippen molar-refractivity contribution in [3.05, 3.63) is 42.1 Å². The van der Waals surface area contributed by atoms with Gasteiger partial charge < -0.3 is 24.0 Å². The Morgan fingerprint density at radius 1 is 1.17 bits per heavy atom. The quantitative estimate of drug-likeness (QED) is 0.720. The van der Waals surface area contributed by atoms with Crippen LogP contribution in [0.25, 0.3) is 5.57 Å². The number of benzene rings is 1. The molecule has 1 fully saturated rings. The van der Waals surface area contributed by atoms with Crippen LogP contribution < -0.4 is 9.64 Å². The highest BCUT2D eigenvalue weighted by Crippen LogP contribution is 2.28. The Hall–Kier alpha value is -2.87. The summed E-state index contributed by atoms with van der Waals surface area (Å²) in [5.74, 6) is 2.19. The monoisotopic (exact) mass is 411 g/mol. The molecule has 1 aromatic heterocycles. The normalized spacial score (nSPS) is 17.7. The maximum absolute atomic E-state index is 12.7. The van der Waals surface area contributed by atoms with Crippen molar-refractivity contribution in [3.63, 3.8) is 0 Å². The molecule has 2 aliphatic rings. The summed E-state index contributed by atoms with van der Waals surface area (Å²) >= 11 is 0. The van der Waals surface area contributed by atoms with Crippen LogP contribution >= 0.6 is 0 Å². The maximum atomic E-state index is 12.7. The van der Waals surface area contributed by atoms with Gasteiger partial charge in [-0.2, -0.15) is 4.98 Å². The van der Waals surface area contributed by atoms with Crippen molar-refractivity contribution >= 4 is 17.2 Å². The highest BCUT2D eigenvalue weighted by atomic mass is 16.5. The van der Waals surface area contributed by atoms with E-state index in [1.165, 1.54) is 0 Å². The predicted octanol–water partition coefficient (Wildman–Crippen LogP) is 2.08. The number of hydrogen-bond acceptors (Lipinski definition) is 7. The van der Waals surface area contributed by atoms with Gasteiger partial charge in [-0.25, -0.2) is 0 Å². The number of nitrogens with zero attached hydrogens (tertiary/aromatic N) is 5. The molecule has 1 amide bonds. The number of rotatable bonds is 6. The van der Waals surface area contributed by atoms with Gasteiger partial charge in [-0.3, -0.25) is 4.79 Å². The summed E-state index contributed by atoms with van der Waals surface area (Å²) in [6, 6.07) is 8.00. The van der Waals surface area contributed by atoms with Crippen LogP contribution in [-0.4, -0.2) is 79.3 Å². The Morgan fingerprint density at radius 3 is 2.70 bits per heavy atom. The Kier molecular flexibility index (Phi) is 6.32. The predicted molar refractivity (Wildman–Crippen MR) is 114 cm³/mol. The molecule has 30 heavy (non-hydrogen) atoms. The molecule has 3 heterocycles. The van der Waals surface area contributed by atoms with Crippen LogP contribution in [0.15, 0.2) is 34.9 Å². The summed E-state index contributed by atoms with van der Waals surface area (Å²) in [4.78, 5) is 23.6. The van der Waals surface area contributed by atoms with E-state index < -0.39 is 0 Å². The zero-order chi connectivity index (χ0) is 20.9. The molecule has 0 bridgehead atoms. The van der Waals surface area contributed by atoms with Gasteiger partial charge in [0.25, 0.3) is 0 Å². The lowest BCUT2D eigenvalue weighted by molar-refractivity contribution is -0.131. The Bertz CT molecular complexity index is 902. The molecular formula is C22H29N5O3. The van der Waals surface area contributed by atoms with Crippen LogP contribution in [0, 0.1) is 0 Å². The molecule has 0 N–H and O–H groups in total. The number of amides is 1. The van der Waals surface area contributed by atoms with Gasteiger partial charge in [0.15, 0.2) is 5.82 Å². The third kappa shape index (κ3) is 4.64. The fraction of sp³-hybridized carbons (Fsp3) is 0.500. The lowest BCUT2D eigenvalue weighted by Gasteiger charge is -2.36. The van der Waals surface area contributed by atoms with E-state index in [-0.39, 0.29) is 5.91 Å². The van der Waals surface area contributed by atoms with Crippen molar-refractivity contribution in [2.24, 2.45) is 0 Å². The second-order valence-corrected chi connectivity index (χ2v) is 7.79. The SMILES string of the molecule is COc1ccccc1N1CCN(C(=O)CCc2nc(C3=CCN(C)CC3)no2)CC1. The first-order valence-electron chi connectivity index (χ1n) is 10.5. The van der Waals surface area contributed by atoms with Crippen molar-refractivity contribution in [1.82, 2.24) is 19.9 Å². The molecule has 0 saturated carbocycles. The zero-order valence-corrected chi connectivity index (χ0v) is 17.7. The number of aromatic nitrogens is 2. The number of methoxy groups -OCH3 is 1. The van der Waals surface area contributed by atoms with E-state index >= 15 is 0 Å². The van der Waals surface area contributed by atoms with Crippen LogP contribution in [0.4, 0.5) is 5.69 Å². The molecule has 0 unspecified atom stereocenters. The summed E-state index contributed by atoms with van der Waals surface area (Å²) in [7, 11) is 3.78. The maximum Gasteiger partial charge on any atom is 0.227 e. The van der Waals surface area contributed by atoms with Gasteiger partial charge in [-0.15, -0.1) is 0 Å². The van der Waals surface area contributed by atoms with Crippen LogP contribution in [0.5, 0.6) is 5.75 Å². The summed E-state index contributed by atoms with van der Waals surface area (Å²) in [6.07, 6.45) is 3.93. The van der Waals surface area contributed by atoms with Gasteiger partial charge in [0.05, 0.1) is 12.8 Å². The van der Waals surface area contributed by atoms with Gasteiger partial charge in [-0.05, 0) is 31.2 Å². The molecule has 160 valence electrons. The molecule has 1 aromatic carbocycles. The van der Waals surface area contributed by atoms with Crippen LogP contribution in [0.1, 0.15) is 24.6 Å². The van der Waals surface area contributed by atoms with Crippen molar-refractivity contribution in [1.29, 1.82) is 0 Å². The molecular weight excluding hydrogens is 382 g/mol. The Labute approximate surface area is 177 Å². The number of ether oxygens (including phenoxy) is 1. The molecule has 2 aromatic rings. The third-order valence-electron chi connectivity index (χ3n) is 5.78. The molecule has 0 radical (unpaired) electrons. The smallest absolute Gasteiger partial charge is 0.227 e. The number of hydrogen-bond donors (Lipinski definition) is 0. The number of piperazine rings is 1. The summed E-state index contributed by atoms with van der Waals surface area (Å²) < 4.78 is 10.8. The summed E-state index contributed by atoms with van der Waals surface area (Å²) in [5, 5.41) is 4.10. The second-order valence-electron chi connectivity index (χ2n) is 7.79. The van der Waals surface area contributed by atoms with Crippen LogP contribution in [-0.2, 0) is 11.2 Å². The number of aryl methyl sites for hydroxylation is 1. The molecule has 1 saturated heterocycles.